The van der Waals surface area contributed by atoms with Crippen LogP contribution in [0.2, 0.25) is 0 Å². The number of methoxy groups -OCH3 is 2. The minimum Gasteiger partial charge on any atom is -0.497 e. The highest BCUT2D eigenvalue weighted by Crippen LogP contribution is 2.12. The molecule has 1 aromatic carbocycles. The molecule has 0 bridgehead atoms. The molecule has 0 aliphatic heterocycles. The summed E-state index contributed by atoms with van der Waals surface area (Å²) in [5.74, 6) is 0.793. The van der Waals surface area contributed by atoms with Crippen molar-refractivity contribution in [2.75, 3.05) is 14.2 Å². The number of benzene rings is 1. The molecule has 0 fully saturated rings. The lowest BCUT2D eigenvalue weighted by atomic mass is 10.0. The first-order chi connectivity index (χ1) is 8.58. The monoisotopic (exact) mass is 251 g/mol. The fourth-order valence-corrected chi connectivity index (χ4v) is 1.69. The van der Waals surface area contributed by atoms with Crippen LogP contribution in [0.5, 0.6) is 5.75 Å². The molecular weight excluding hydrogens is 230 g/mol. The molecule has 0 heterocycles. The number of carbonyl (C=O) groups is 1. The molecule has 0 aliphatic carbocycles. The van der Waals surface area contributed by atoms with Crippen LogP contribution < -0.4 is 10.1 Å². The zero-order valence-corrected chi connectivity index (χ0v) is 11.4. The van der Waals surface area contributed by atoms with Gasteiger partial charge in [0.25, 0.3) is 0 Å². The van der Waals surface area contributed by atoms with Crippen LogP contribution in [0.4, 0.5) is 0 Å². The van der Waals surface area contributed by atoms with Gasteiger partial charge in [0.1, 0.15) is 11.8 Å². The van der Waals surface area contributed by atoms with E-state index in [1.807, 2.05) is 38.1 Å². The zero-order valence-electron chi connectivity index (χ0n) is 11.4. The maximum absolute atomic E-state index is 11.6. The van der Waals surface area contributed by atoms with Gasteiger partial charge >= 0.3 is 5.97 Å². The van der Waals surface area contributed by atoms with Gasteiger partial charge in [-0.25, -0.2) is 0 Å². The van der Waals surface area contributed by atoms with Gasteiger partial charge in [0.15, 0.2) is 0 Å². The van der Waals surface area contributed by atoms with Crippen LogP contribution in [0.1, 0.15) is 19.4 Å². The first-order valence-corrected chi connectivity index (χ1v) is 6.02. The highest BCUT2D eigenvalue weighted by Gasteiger charge is 2.21. The van der Waals surface area contributed by atoms with Gasteiger partial charge in [0.05, 0.1) is 14.2 Å². The van der Waals surface area contributed by atoms with Gasteiger partial charge in [-0.3, -0.25) is 4.79 Å². The van der Waals surface area contributed by atoms with Crippen molar-refractivity contribution in [1.82, 2.24) is 5.32 Å². The van der Waals surface area contributed by atoms with Crippen LogP contribution in [0.25, 0.3) is 0 Å². The second-order valence-corrected chi connectivity index (χ2v) is 4.47. The zero-order chi connectivity index (χ0) is 13.5. The van der Waals surface area contributed by atoms with Crippen LogP contribution in [0, 0.1) is 5.92 Å². The molecule has 0 saturated carbocycles. The number of hydrogen-bond donors (Lipinski definition) is 1. The summed E-state index contributed by atoms with van der Waals surface area (Å²) >= 11 is 0. The normalized spacial score (nSPS) is 12.3. The number of carbonyl (C=O) groups excluding carboxylic acids is 1. The minimum atomic E-state index is -0.280. The summed E-state index contributed by atoms with van der Waals surface area (Å²) in [6.07, 6.45) is 0. The van der Waals surface area contributed by atoms with E-state index in [0.717, 1.165) is 11.3 Å². The third kappa shape index (κ3) is 4.04. The average molecular weight is 251 g/mol. The van der Waals surface area contributed by atoms with Gasteiger partial charge in [-0.05, 0) is 23.6 Å². The Kier molecular flexibility index (Phi) is 5.65. The summed E-state index contributed by atoms with van der Waals surface area (Å²) in [5, 5.41) is 3.21. The van der Waals surface area contributed by atoms with Crippen molar-refractivity contribution in [3.63, 3.8) is 0 Å². The van der Waals surface area contributed by atoms with E-state index in [1.165, 1.54) is 7.11 Å². The summed E-state index contributed by atoms with van der Waals surface area (Å²) < 4.78 is 9.87. The van der Waals surface area contributed by atoms with Gasteiger partial charge in [-0.2, -0.15) is 0 Å². The molecule has 1 rings (SSSR count). The standard InChI is InChI=1S/C14H21NO3/c1-10(2)13(14(16)18-4)15-9-11-5-7-12(17-3)8-6-11/h5-8,10,13,15H,9H2,1-4H3. The maximum Gasteiger partial charge on any atom is 0.323 e. The Morgan fingerprint density at radius 2 is 1.83 bits per heavy atom. The summed E-state index contributed by atoms with van der Waals surface area (Å²) in [4.78, 5) is 11.6. The van der Waals surface area contributed by atoms with Gasteiger partial charge in [0.2, 0.25) is 0 Å². The molecular formula is C14H21NO3. The van der Waals surface area contributed by atoms with Crippen LogP contribution >= 0.6 is 0 Å². The van der Waals surface area contributed by atoms with Crippen molar-refractivity contribution < 1.29 is 14.3 Å². The van der Waals surface area contributed by atoms with Gasteiger partial charge in [-0.15, -0.1) is 0 Å². The number of hydrogen-bond acceptors (Lipinski definition) is 4. The largest absolute Gasteiger partial charge is 0.497 e. The highest BCUT2D eigenvalue weighted by atomic mass is 16.5. The Morgan fingerprint density at radius 1 is 1.22 bits per heavy atom. The first kappa shape index (κ1) is 14.5. The van der Waals surface area contributed by atoms with E-state index < -0.39 is 0 Å². The predicted molar refractivity (Wildman–Crippen MR) is 70.5 cm³/mol. The topological polar surface area (TPSA) is 47.6 Å². The molecule has 18 heavy (non-hydrogen) atoms. The van der Waals surface area contributed by atoms with E-state index in [4.69, 9.17) is 9.47 Å². The second-order valence-electron chi connectivity index (χ2n) is 4.47. The minimum absolute atomic E-state index is 0.190. The van der Waals surface area contributed by atoms with Crippen molar-refractivity contribution in [3.05, 3.63) is 29.8 Å². The number of ether oxygens (including phenoxy) is 2. The lowest BCUT2D eigenvalue weighted by Crippen LogP contribution is -2.41. The molecule has 100 valence electrons. The summed E-state index contributed by atoms with van der Waals surface area (Å²) in [7, 11) is 3.05. The SMILES string of the molecule is COC(=O)C(NCc1ccc(OC)cc1)C(C)C. The van der Waals surface area contributed by atoms with Crippen LogP contribution in [-0.2, 0) is 16.1 Å². The molecule has 1 N–H and O–H groups in total. The van der Waals surface area contributed by atoms with Crippen molar-refractivity contribution in [2.45, 2.75) is 26.4 Å². The summed E-state index contributed by atoms with van der Waals surface area (Å²) in [6.45, 7) is 4.60. The van der Waals surface area contributed by atoms with Crippen LogP contribution in [0.15, 0.2) is 24.3 Å². The van der Waals surface area contributed by atoms with Crippen LogP contribution in [-0.4, -0.2) is 26.2 Å². The Bertz CT molecular complexity index is 373. The fraction of sp³-hybridized carbons (Fsp3) is 0.500. The quantitative estimate of drug-likeness (QED) is 0.785. The van der Waals surface area contributed by atoms with E-state index in [9.17, 15) is 4.79 Å². The Hall–Kier alpha value is -1.55. The lowest BCUT2D eigenvalue weighted by molar-refractivity contribution is -0.144. The van der Waals surface area contributed by atoms with Gasteiger partial charge < -0.3 is 14.8 Å². The van der Waals surface area contributed by atoms with E-state index in [0.29, 0.717) is 6.54 Å². The molecule has 1 aromatic rings. The highest BCUT2D eigenvalue weighted by molar-refractivity contribution is 5.75. The van der Waals surface area contributed by atoms with Crippen molar-refractivity contribution in [2.24, 2.45) is 5.92 Å². The predicted octanol–water partition coefficient (Wildman–Crippen LogP) is 1.98. The average Bonchev–Trinajstić information content (AvgIpc) is 2.39. The maximum atomic E-state index is 11.6. The van der Waals surface area contributed by atoms with Crippen molar-refractivity contribution in [3.8, 4) is 5.75 Å². The summed E-state index contributed by atoms with van der Waals surface area (Å²) in [5.41, 5.74) is 1.10. The van der Waals surface area contributed by atoms with E-state index >= 15 is 0 Å². The lowest BCUT2D eigenvalue weighted by Gasteiger charge is -2.19. The van der Waals surface area contributed by atoms with Gasteiger partial charge in [0, 0.05) is 6.54 Å². The van der Waals surface area contributed by atoms with Crippen molar-refractivity contribution >= 4 is 5.97 Å². The molecule has 1 unspecified atom stereocenters. The molecule has 4 nitrogen and oxygen atoms in total. The number of rotatable bonds is 6. The Morgan fingerprint density at radius 3 is 2.28 bits per heavy atom. The smallest absolute Gasteiger partial charge is 0.323 e. The molecule has 0 spiro atoms. The summed E-state index contributed by atoms with van der Waals surface area (Å²) in [6, 6.07) is 7.47. The molecule has 0 radical (unpaired) electrons. The molecule has 0 saturated heterocycles. The second kappa shape index (κ2) is 7.01. The third-order valence-corrected chi connectivity index (χ3v) is 2.81. The van der Waals surface area contributed by atoms with Crippen LogP contribution in [0.3, 0.4) is 0 Å². The molecule has 1 atom stereocenters. The van der Waals surface area contributed by atoms with Crippen molar-refractivity contribution in [1.29, 1.82) is 0 Å². The first-order valence-electron chi connectivity index (χ1n) is 6.02. The van der Waals surface area contributed by atoms with Gasteiger partial charge in [-0.1, -0.05) is 26.0 Å². The molecule has 4 heteroatoms. The van der Waals surface area contributed by atoms with E-state index in [1.54, 1.807) is 7.11 Å². The molecule has 0 aromatic heterocycles. The number of esters is 1. The Balaban J connectivity index is 2.58. The number of nitrogens with one attached hydrogen (secondary N) is 1. The third-order valence-electron chi connectivity index (χ3n) is 2.81. The fourth-order valence-electron chi connectivity index (χ4n) is 1.69. The van der Waals surface area contributed by atoms with E-state index in [2.05, 4.69) is 5.32 Å². The Labute approximate surface area is 108 Å². The molecule has 0 amide bonds. The molecule has 0 aliphatic rings. The van der Waals surface area contributed by atoms with E-state index in [-0.39, 0.29) is 17.9 Å².